The van der Waals surface area contributed by atoms with Crippen molar-refractivity contribution in [3.8, 4) is 0 Å². The van der Waals surface area contributed by atoms with Crippen molar-refractivity contribution in [2.75, 3.05) is 13.4 Å². The number of ketones is 1. The van der Waals surface area contributed by atoms with E-state index in [0.29, 0.717) is 6.42 Å². The van der Waals surface area contributed by atoms with Crippen molar-refractivity contribution in [1.82, 2.24) is 0 Å². The lowest BCUT2D eigenvalue weighted by molar-refractivity contribution is -0.139. The Kier molecular flexibility index (Phi) is 4.58. The third-order valence-electron chi connectivity index (χ3n) is 3.18. The normalized spacial score (nSPS) is 22.6. The van der Waals surface area contributed by atoms with Crippen LogP contribution in [0.3, 0.4) is 0 Å². The molecular formula is C14H16O3S2. The van der Waals surface area contributed by atoms with Gasteiger partial charge in [0.05, 0.1) is 12.4 Å². The van der Waals surface area contributed by atoms with Crippen LogP contribution in [0.15, 0.2) is 23.1 Å². The summed E-state index contributed by atoms with van der Waals surface area (Å²) in [6.07, 6.45) is 2.55. The number of benzene rings is 1. The summed E-state index contributed by atoms with van der Waals surface area (Å²) in [5.41, 5.74) is 1.69. The number of carbonyl (C=O) groups excluding carboxylic acids is 2. The van der Waals surface area contributed by atoms with E-state index in [4.69, 9.17) is 4.74 Å². The maximum atomic E-state index is 12.3. The standard InChI is InChI=1S/C14H16O3S2/c1-8-13(15)11-5-4-10(18-3)6-9(11)7-12(19-8)14(16)17-2/h4-6,8,12H,7H2,1-3H3/t8-,12+/m1/s1. The minimum atomic E-state index is -0.303. The number of esters is 1. The molecule has 0 unspecified atom stereocenters. The Labute approximate surface area is 121 Å². The summed E-state index contributed by atoms with van der Waals surface area (Å²) >= 11 is 3.02. The van der Waals surface area contributed by atoms with E-state index in [9.17, 15) is 9.59 Å². The van der Waals surface area contributed by atoms with Crippen molar-refractivity contribution < 1.29 is 14.3 Å². The molecule has 0 amide bonds. The van der Waals surface area contributed by atoms with Crippen LogP contribution >= 0.6 is 23.5 Å². The fourth-order valence-electron chi connectivity index (χ4n) is 2.15. The number of hydrogen-bond acceptors (Lipinski definition) is 5. The smallest absolute Gasteiger partial charge is 0.319 e. The molecule has 0 spiro atoms. The number of methoxy groups -OCH3 is 1. The lowest BCUT2D eigenvalue weighted by Gasteiger charge is -2.13. The van der Waals surface area contributed by atoms with E-state index in [0.717, 1.165) is 16.0 Å². The molecule has 0 aromatic heterocycles. The van der Waals surface area contributed by atoms with E-state index < -0.39 is 0 Å². The molecule has 5 heteroatoms. The third-order valence-corrected chi connectivity index (χ3v) is 5.22. The van der Waals surface area contributed by atoms with Gasteiger partial charge in [-0.15, -0.1) is 23.5 Å². The highest BCUT2D eigenvalue weighted by Gasteiger charge is 2.32. The summed E-state index contributed by atoms with van der Waals surface area (Å²) in [6, 6.07) is 5.84. The Morgan fingerprint density at radius 3 is 2.84 bits per heavy atom. The van der Waals surface area contributed by atoms with Gasteiger partial charge in [-0.05, 0) is 43.4 Å². The molecule has 1 aromatic rings. The van der Waals surface area contributed by atoms with Gasteiger partial charge in [0.2, 0.25) is 0 Å². The summed E-state index contributed by atoms with van der Waals surface area (Å²) in [7, 11) is 1.39. The molecule has 1 aliphatic heterocycles. The molecule has 1 aromatic carbocycles. The van der Waals surface area contributed by atoms with E-state index in [1.807, 2.05) is 31.4 Å². The predicted molar refractivity (Wildman–Crippen MR) is 79.1 cm³/mol. The zero-order chi connectivity index (χ0) is 14.0. The first kappa shape index (κ1) is 14.5. The second kappa shape index (κ2) is 6.01. The lowest BCUT2D eigenvalue weighted by atomic mass is 9.98. The first-order valence-corrected chi connectivity index (χ1v) is 8.18. The van der Waals surface area contributed by atoms with Gasteiger partial charge in [0.15, 0.2) is 5.78 Å². The van der Waals surface area contributed by atoms with Crippen molar-refractivity contribution in [1.29, 1.82) is 0 Å². The van der Waals surface area contributed by atoms with Gasteiger partial charge < -0.3 is 4.74 Å². The number of hydrogen-bond donors (Lipinski definition) is 0. The molecule has 1 heterocycles. The molecule has 0 radical (unpaired) electrons. The van der Waals surface area contributed by atoms with Crippen LogP contribution in [-0.4, -0.2) is 35.6 Å². The first-order valence-electron chi connectivity index (χ1n) is 6.01. The van der Waals surface area contributed by atoms with Crippen LogP contribution in [0.4, 0.5) is 0 Å². The molecule has 0 N–H and O–H groups in total. The average Bonchev–Trinajstić information content (AvgIpc) is 2.55. The fraction of sp³-hybridized carbons (Fsp3) is 0.429. The Morgan fingerprint density at radius 1 is 1.47 bits per heavy atom. The number of Topliss-reactive ketones (excluding diaryl/α,β-unsaturated/α-hetero) is 1. The summed E-state index contributed by atoms with van der Waals surface area (Å²) in [5.74, 6) is -0.161. The summed E-state index contributed by atoms with van der Waals surface area (Å²) in [4.78, 5) is 25.2. The Bertz CT molecular complexity index is 513. The van der Waals surface area contributed by atoms with Crippen LogP contribution in [0.1, 0.15) is 22.8 Å². The zero-order valence-electron chi connectivity index (χ0n) is 11.1. The van der Waals surface area contributed by atoms with Crippen LogP contribution in [0.25, 0.3) is 0 Å². The van der Waals surface area contributed by atoms with Crippen LogP contribution in [0.5, 0.6) is 0 Å². The number of ether oxygens (including phenoxy) is 1. The van der Waals surface area contributed by atoms with Gasteiger partial charge in [0, 0.05) is 10.5 Å². The van der Waals surface area contributed by atoms with Crippen molar-refractivity contribution in [3.63, 3.8) is 0 Å². The van der Waals surface area contributed by atoms with Gasteiger partial charge in [-0.3, -0.25) is 9.59 Å². The Balaban J connectivity index is 2.42. The van der Waals surface area contributed by atoms with E-state index in [2.05, 4.69) is 0 Å². The second-order valence-corrected chi connectivity index (χ2v) is 6.81. The summed E-state index contributed by atoms with van der Waals surface area (Å²) in [6.45, 7) is 1.85. The molecule has 0 bridgehead atoms. The number of fused-ring (bicyclic) bond motifs is 1. The Hall–Kier alpha value is -0.940. The van der Waals surface area contributed by atoms with Crippen LogP contribution in [0, 0.1) is 0 Å². The molecular weight excluding hydrogens is 280 g/mol. The molecule has 3 nitrogen and oxygen atoms in total. The van der Waals surface area contributed by atoms with E-state index in [1.54, 1.807) is 11.8 Å². The van der Waals surface area contributed by atoms with Crippen molar-refractivity contribution >= 4 is 35.3 Å². The molecule has 2 atom stereocenters. The molecule has 102 valence electrons. The Morgan fingerprint density at radius 2 is 2.21 bits per heavy atom. The van der Waals surface area contributed by atoms with Gasteiger partial charge in [0.1, 0.15) is 5.25 Å². The minimum absolute atomic E-state index is 0.0963. The lowest BCUT2D eigenvalue weighted by Crippen LogP contribution is -2.23. The van der Waals surface area contributed by atoms with Crippen molar-refractivity contribution in [2.45, 2.75) is 28.7 Å². The maximum Gasteiger partial charge on any atom is 0.319 e. The van der Waals surface area contributed by atoms with E-state index in [-0.39, 0.29) is 22.3 Å². The number of thioether (sulfide) groups is 2. The predicted octanol–water partition coefficient (Wildman–Crippen LogP) is 2.81. The van der Waals surface area contributed by atoms with Crippen LogP contribution in [0.2, 0.25) is 0 Å². The van der Waals surface area contributed by atoms with Gasteiger partial charge in [-0.25, -0.2) is 0 Å². The van der Waals surface area contributed by atoms with Gasteiger partial charge in [0.25, 0.3) is 0 Å². The molecule has 1 aliphatic rings. The number of carbonyl (C=O) groups is 2. The largest absolute Gasteiger partial charge is 0.468 e. The summed E-state index contributed by atoms with van der Waals surface area (Å²) < 4.78 is 4.82. The SMILES string of the molecule is COC(=O)[C@@H]1Cc2cc(SC)ccc2C(=O)[C@@H](C)S1. The first-order chi connectivity index (χ1) is 9.06. The van der Waals surface area contributed by atoms with Crippen LogP contribution in [-0.2, 0) is 16.0 Å². The van der Waals surface area contributed by atoms with Gasteiger partial charge in [-0.2, -0.15) is 0 Å². The molecule has 0 fully saturated rings. The van der Waals surface area contributed by atoms with Gasteiger partial charge in [-0.1, -0.05) is 0 Å². The highest BCUT2D eigenvalue weighted by Crippen LogP contribution is 2.32. The molecule has 0 saturated carbocycles. The average molecular weight is 296 g/mol. The van der Waals surface area contributed by atoms with Crippen molar-refractivity contribution in [2.24, 2.45) is 0 Å². The summed E-state index contributed by atoms with van der Waals surface area (Å²) in [5, 5.41) is -0.521. The fourth-order valence-corrected chi connectivity index (χ4v) is 3.84. The highest BCUT2D eigenvalue weighted by molar-refractivity contribution is 8.01. The minimum Gasteiger partial charge on any atom is -0.468 e. The highest BCUT2D eigenvalue weighted by atomic mass is 32.2. The van der Waals surface area contributed by atoms with E-state index in [1.165, 1.54) is 18.9 Å². The molecule has 19 heavy (non-hydrogen) atoms. The molecule has 0 saturated heterocycles. The maximum absolute atomic E-state index is 12.3. The molecule has 2 rings (SSSR count). The quantitative estimate of drug-likeness (QED) is 0.620. The van der Waals surface area contributed by atoms with Gasteiger partial charge >= 0.3 is 5.97 Å². The zero-order valence-corrected chi connectivity index (χ0v) is 12.8. The number of rotatable bonds is 2. The third kappa shape index (κ3) is 2.98. The monoisotopic (exact) mass is 296 g/mol. The van der Waals surface area contributed by atoms with Crippen LogP contribution < -0.4 is 0 Å². The molecule has 0 aliphatic carbocycles. The second-order valence-electron chi connectivity index (χ2n) is 4.38. The van der Waals surface area contributed by atoms with E-state index >= 15 is 0 Å². The topological polar surface area (TPSA) is 43.4 Å². The van der Waals surface area contributed by atoms with Crippen molar-refractivity contribution in [3.05, 3.63) is 29.3 Å².